The van der Waals surface area contributed by atoms with E-state index >= 15 is 0 Å². The molecule has 0 saturated carbocycles. The molecule has 1 unspecified atom stereocenters. The molecule has 0 N–H and O–H groups in total. The first-order valence-corrected chi connectivity index (χ1v) is 9.41. The van der Waals surface area contributed by atoms with E-state index in [1.165, 1.54) is 17.9 Å². The van der Waals surface area contributed by atoms with E-state index in [2.05, 4.69) is 38.1 Å². The van der Waals surface area contributed by atoms with Crippen molar-refractivity contribution in [1.29, 1.82) is 0 Å². The van der Waals surface area contributed by atoms with Gasteiger partial charge in [-0.25, -0.2) is 0 Å². The third-order valence-electron chi connectivity index (χ3n) is 3.91. The normalized spacial score (nSPS) is 12.3. The van der Waals surface area contributed by atoms with Gasteiger partial charge in [-0.05, 0) is 17.9 Å². The van der Waals surface area contributed by atoms with Crippen LogP contribution >= 0.6 is 7.92 Å². The summed E-state index contributed by atoms with van der Waals surface area (Å²) in [6.07, 6.45) is 2.97. The van der Waals surface area contributed by atoms with E-state index in [0.717, 1.165) is 5.56 Å². The van der Waals surface area contributed by atoms with Gasteiger partial charge in [0.05, 0.1) is 0 Å². The third-order valence-corrected chi connectivity index (χ3v) is 6.90. The van der Waals surface area contributed by atoms with Gasteiger partial charge in [-0.2, -0.15) is 0 Å². The maximum Gasteiger partial charge on any atom is 0.163 e. The van der Waals surface area contributed by atoms with Crippen LogP contribution in [0.4, 0.5) is 0 Å². The van der Waals surface area contributed by atoms with Gasteiger partial charge in [0.2, 0.25) is 0 Å². The Morgan fingerprint density at radius 2 is 1.43 bits per heavy atom. The summed E-state index contributed by atoms with van der Waals surface area (Å²) < 4.78 is 0. The molecule has 2 heteroatoms. The topological polar surface area (TPSA) is 17.1 Å². The van der Waals surface area contributed by atoms with E-state index in [1.54, 1.807) is 0 Å². The molecular formula is C19H23OP. The van der Waals surface area contributed by atoms with Crippen LogP contribution in [0.1, 0.15) is 41.8 Å². The largest absolute Gasteiger partial charge is 0.294 e. The van der Waals surface area contributed by atoms with E-state index in [9.17, 15) is 4.79 Å². The highest BCUT2D eigenvalue weighted by molar-refractivity contribution is 7.58. The van der Waals surface area contributed by atoms with E-state index < -0.39 is 0 Å². The lowest BCUT2D eigenvalue weighted by atomic mass is 10.0. The van der Waals surface area contributed by atoms with Gasteiger partial charge in [0.1, 0.15) is 0 Å². The van der Waals surface area contributed by atoms with Crippen LogP contribution in [-0.4, -0.2) is 18.1 Å². The van der Waals surface area contributed by atoms with Gasteiger partial charge in [-0.1, -0.05) is 82.4 Å². The predicted molar refractivity (Wildman–Crippen MR) is 92.6 cm³/mol. The molecule has 2 aromatic carbocycles. The summed E-state index contributed by atoms with van der Waals surface area (Å²) in [6.45, 7) is 4.50. The van der Waals surface area contributed by atoms with Gasteiger partial charge in [0.15, 0.2) is 5.78 Å². The SMILES string of the molecule is CCP(CC)C(CC(=O)c1ccccc1)c1ccccc1. The number of benzene rings is 2. The summed E-state index contributed by atoms with van der Waals surface area (Å²) in [7, 11) is -0.140. The Morgan fingerprint density at radius 3 is 1.95 bits per heavy atom. The molecule has 0 saturated heterocycles. The van der Waals surface area contributed by atoms with E-state index in [1.807, 2.05) is 36.4 Å². The number of carbonyl (C=O) groups is 1. The highest BCUT2D eigenvalue weighted by Crippen LogP contribution is 2.52. The Kier molecular flexibility index (Phi) is 6.14. The molecule has 0 aromatic heterocycles. The van der Waals surface area contributed by atoms with E-state index in [0.29, 0.717) is 12.1 Å². The fourth-order valence-corrected chi connectivity index (χ4v) is 5.06. The average Bonchev–Trinajstić information content (AvgIpc) is 2.56. The summed E-state index contributed by atoms with van der Waals surface area (Å²) in [4.78, 5) is 12.6. The van der Waals surface area contributed by atoms with Gasteiger partial charge < -0.3 is 0 Å². The third kappa shape index (κ3) is 4.25. The predicted octanol–water partition coefficient (Wildman–Crippen LogP) is 5.52. The fraction of sp³-hybridized carbons (Fsp3) is 0.316. The number of carbonyl (C=O) groups excluding carboxylic acids is 1. The van der Waals surface area contributed by atoms with Crippen molar-refractivity contribution in [3.8, 4) is 0 Å². The minimum atomic E-state index is -0.140. The molecule has 0 spiro atoms. The van der Waals surface area contributed by atoms with Gasteiger partial charge >= 0.3 is 0 Å². The second-order valence-electron chi connectivity index (χ2n) is 5.14. The molecule has 1 atom stereocenters. The summed E-state index contributed by atoms with van der Waals surface area (Å²) in [5.74, 6) is 0.263. The minimum Gasteiger partial charge on any atom is -0.294 e. The summed E-state index contributed by atoms with van der Waals surface area (Å²) in [5.41, 5.74) is 2.53. The number of rotatable bonds is 7. The van der Waals surface area contributed by atoms with Crippen molar-refractivity contribution in [2.75, 3.05) is 12.3 Å². The summed E-state index contributed by atoms with van der Waals surface area (Å²) in [6, 6.07) is 20.2. The molecule has 1 nitrogen and oxygen atoms in total. The highest BCUT2D eigenvalue weighted by atomic mass is 31.1. The Hall–Kier alpha value is -1.46. The van der Waals surface area contributed by atoms with Crippen LogP contribution in [0.3, 0.4) is 0 Å². The molecule has 2 rings (SSSR count). The van der Waals surface area contributed by atoms with Crippen molar-refractivity contribution in [3.05, 3.63) is 71.8 Å². The molecule has 110 valence electrons. The van der Waals surface area contributed by atoms with Crippen molar-refractivity contribution in [2.45, 2.75) is 25.9 Å². The van der Waals surface area contributed by atoms with Gasteiger partial charge in [-0.15, -0.1) is 0 Å². The average molecular weight is 298 g/mol. The molecule has 0 aliphatic carbocycles. The molecule has 0 radical (unpaired) electrons. The standard InChI is InChI=1S/C19H23OP/c1-3-21(4-2)19(17-13-9-6-10-14-17)15-18(20)16-11-7-5-8-12-16/h5-14,19H,3-4,15H2,1-2H3. The maximum absolute atomic E-state index is 12.6. The first-order valence-electron chi connectivity index (χ1n) is 7.63. The summed E-state index contributed by atoms with van der Waals surface area (Å²) >= 11 is 0. The monoisotopic (exact) mass is 298 g/mol. The zero-order chi connectivity index (χ0) is 15.1. The molecular weight excluding hydrogens is 275 g/mol. The van der Waals surface area contributed by atoms with Crippen molar-refractivity contribution >= 4 is 13.7 Å². The second kappa shape index (κ2) is 8.10. The van der Waals surface area contributed by atoms with Crippen LogP contribution in [0.2, 0.25) is 0 Å². The lowest BCUT2D eigenvalue weighted by Gasteiger charge is -2.26. The fourth-order valence-electron chi connectivity index (χ4n) is 2.71. The Bertz CT molecular complexity index is 546. The second-order valence-corrected chi connectivity index (χ2v) is 8.21. The van der Waals surface area contributed by atoms with Crippen molar-refractivity contribution in [2.24, 2.45) is 0 Å². The van der Waals surface area contributed by atoms with E-state index in [4.69, 9.17) is 0 Å². The maximum atomic E-state index is 12.6. The van der Waals surface area contributed by atoms with Gasteiger partial charge in [-0.3, -0.25) is 4.79 Å². The van der Waals surface area contributed by atoms with Crippen LogP contribution in [0.25, 0.3) is 0 Å². The smallest absolute Gasteiger partial charge is 0.163 e. The molecule has 0 aliphatic rings. The zero-order valence-electron chi connectivity index (χ0n) is 12.8. The lowest BCUT2D eigenvalue weighted by Crippen LogP contribution is -2.08. The molecule has 0 bridgehead atoms. The lowest BCUT2D eigenvalue weighted by molar-refractivity contribution is 0.0981. The molecule has 21 heavy (non-hydrogen) atoms. The summed E-state index contributed by atoms with van der Waals surface area (Å²) in [5, 5.41) is 0. The first-order chi connectivity index (χ1) is 10.3. The van der Waals surface area contributed by atoms with Crippen molar-refractivity contribution < 1.29 is 4.79 Å². The van der Waals surface area contributed by atoms with Crippen LogP contribution in [0.5, 0.6) is 0 Å². The van der Waals surface area contributed by atoms with Crippen molar-refractivity contribution in [1.82, 2.24) is 0 Å². The number of hydrogen-bond donors (Lipinski definition) is 0. The Morgan fingerprint density at radius 1 is 0.905 bits per heavy atom. The quantitative estimate of drug-likeness (QED) is 0.485. The number of ketones is 1. The Balaban J connectivity index is 2.22. The van der Waals surface area contributed by atoms with Gasteiger partial charge in [0, 0.05) is 17.6 Å². The molecule has 0 fully saturated rings. The molecule has 0 aliphatic heterocycles. The Labute approximate surface area is 129 Å². The van der Waals surface area contributed by atoms with Gasteiger partial charge in [0.25, 0.3) is 0 Å². The van der Waals surface area contributed by atoms with Crippen LogP contribution < -0.4 is 0 Å². The van der Waals surface area contributed by atoms with Crippen molar-refractivity contribution in [3.63, 3.8) is 0 Å². The highest BCUT2D eigenvalue weighted by Gasteiger charge is 2.23. The van der Waals surface area contributed by atoms with Crippen LogP contribution in [0, 0.1) is 0 Å². The molecule has 2 aromatic rings. The van der Waals surface area contributed by atoms with E-state index in [-0.39, 0.29) is 13.7 Å². The molecule has 0 amide bonds. The number of Topliss-reactive ketones (excluding diaryl/α,β-unsaturated/α-hetero) is 1. The molecule has 0 heterocycles. The minimum absolute atomic E-state index is 0.140. The zero-order valence-corrected chi connectivity index (χ0v) is 13.7. The van der Waals surface area contributed by atoms with Crippen LogP contribution in [-0.2, 0) is 0 Å². The first kappa shape index (κ1) is 15.9. The van der Waals surface area contributed by atoms with Crippen LogP contribution in [0.15, 0.2) is 60.7 Å². The number of hydrogen-bond acceptors (Lipinski definition) is 1.